The second kappa shape index (κ2) is 6.48. The smallest absolute Gasteiger partial charge is 0.385 e. The molecule has 0 aliphatic carbocycles. The highest BCUT2D eigenvalue weighted by Gasteiger charge is 2.29. The number of rotatable bonds is 5. The Morgan fingerprint density at radius 3 is 2.30 bits per heavy atom. The van der Waals surface area contributed by atoms with Crippen LogP contribution in [0.25, 0.3) is 0 Å². The fraction of sp³-hybridized carbons (Fsp3) is 0.600. The van der Waals surface area contributed by atoms with Crippen LogP contribution in [-0.2, 0) is 6.18 Å². The summed E-state index contributed by atoms with van der Waals surface area (Å²) in [5.41, 5.74) is 0.138. The Morgan fingerprint density at radius 1 is 1.15 bits per heavy atom. The fourth-order valence-corrected chi connectivity index (χ4v) is 2.54. The van der Waals surface area contributed by atoms with Crippen LogP contribution in [0.15, 0.2) is 24.3 Å². The van der Waals surface area contributed by atoms with E-state index in [-0.39, 0.29) is 0 Å². The lowest BCUT2D eigenvalue weighted by Gasteiger charge is -2.21. The fourth-order valence-electron chi connectivity index (χ4n) is 2.54. The summed E-state index contributed by atoms with van der Waals surface area (Å²) >= 11 is 0. The van der Waals surface area contributed by atoms with E-state index in [0.29, 0.717) is 5.92 Å². The van der Waals surface area contributed by atoms with Gasteiger partial charge in [-0.2, -0.15) is 13.2 Å². The lowest BCUT2D eigenvalue weighted by Crippen LogP contribution is -2.28. The molecule has 1 aliphatic rings. The normalized spacial score (nSPS) is 18.2. The number of nitrogens with one attached hydrogen (secondary N) is 1. The van der Waals surface area contributed by atoms with Gasteiger partial charge in [0.05, 0.1) is 5.56 Å². The highest BCUT2D eigenvalue weighted by atomic mass is 19.4. The van der Waals surface area contributed by atoms with E-state index in [2.05, 4.69) is 17.1 Å². The first kappa shape index (κ1) is 15.2. The van der Waals surface area contributed by atoms with Crippen molar-refractivity contribution in [2.45, 2.75) is 25.9 Å². The van der Waals surface area contributed by atoms with E-state index in [0.717, 1.165) is 30.9 Å². The molecule has 20 heavy (non-hydrogen) atoms. The van der Waals surface area contributed by atoms with Crippen LogP contribution in [0.4, 0.5) is 18.9 Å². The van der Waals surface area contributed by atoms with Crippen molar-refractivity contribution in [1.29, 1.82) is 0 Å². The highest BCUT2D eigenvalue weighted by molar-refractivity contribution is 5.45. The van der Waals surface area contributed by atoms with Gasteiger partial charge >= 0.3 is 6.18 Å². The van der Waals surface area contributed by atoms with Crippen molar-refractivity contribution < 1.29 is 13.2 Å². The predicted molar refractivity (Wildman–Crippen MR) is 74.8 cm³/mol. The van der Waals surface area contributed by atoms with Crippen LogP contribution >= 0.6 is 0 Å². The molecule has 5 heteroatoms. The summed E-state index contributed by atoms with van der Waals surface area (Å²) in [5.74, 6) is 0.482. The van der Waals surface area contributed by atoms with Crippen molar-refractivity contribution >= 4 is 5.69 Å². The van der Waals surface area contributed by atoms with Gasteiger partial charge in [-0.3, -0.25) is 0 Å². The molecule has 1 heterocycles. The van der Waals surface area contributed by atoms with Crippen LogP contribution < -0.4 is 5.32 Å². The van der Waals surface area contributed by atoms with Gasteiger partial charge in [-0.25, -0.2) is 0 Å². The Labute approximate surface area is 118 Å². The molecule has 2 nitrogen and oxygen atoms in total. The molecule has 0 spiro atoms. The maximum atomic E-state index is 12.4. The van der Waals surface area contributed by atoms with E-state index in [4.69, 9.17) is 0 Å². The predicted octanol–water partition coefficient (Wildman–Crippen LogP) is 3.85. The molecule has 1 aromatic rings. The Bertz CT molecular complexity index is 408. The minimum atomic E-state index is -4.26. The topological polar surface area (TPSA) is 15.3 Å². The Kier molecular flexibility index (Phi) is 4.91. The maximum Gasteiger partial charge on any atom is 0.416 e. The van der Waals surface area contributed by atoms with Gasteiger partial charge in [0.25, 0.3) is 0 Å². The average Bonchev–Trinajstić information content (AvgIpc) is 2.88. The molecule has 2 rings (SSSR count). The molecule has 1 aliphatic heterocycles. The number of hydrogen-bond donors (Lipinski definition) is 1. The molecule has 1 aromatic carbocycles. The molecule has 1 saturated heterocycles. The summed E-state index contributed by atoms with van der Waals surface area (Å²) in [6.45, 7) is 6.33. The van der Waals surface area contributed by atoms with Crippen molar-refractivity contribution in [3.8, 4) is 0 Å². The molecule has 0 bridgehead atoms. The van der Waals surface area contributed by atoms with Gasteiger partial charge in [-0.15, -0.1) is 0 Å². The lowest BCUT2D eigenvalue weighted by atomic mass is 10.1. The van der Waals surface area contributed by atoms with Crippen LogP contribution in [0.5, 0.6) is 0 Å². The molecule has 1 fully saturated rings. The zero-order valence-corrected chi connectivity index (χ0v) is 11.7. The molecular weight excluding hydrogens is 265 g/mol. The minimum absolute atomic E-state index is 0.482. The Morgan fingerprint density at radius 2 is 1.75 bits per heavy atom. The van der Waals surface area contributed by atoms with Gasteiger partial charge in [0.15, 0.2) is 0 Å². The van der Waals surface area contributed by atoms with Crippen molar-refractivity contribution in [1.82, 2.24) is 4.90 Å². The molecule has 1 unspecified atom stereocenters. The van der Waals surface area contributed by atoms with E-state index in [1.54, 1.807) is 0 Å². The summed E-state index contributed by atoms with van der Waals surface area (Å²) in [4.78, 5) is 2.44. The van der Waals surface area contributed by atoms with Crippen LogP contribution in [0.2, 0.25) is 0 Å². The molecule has 0 saturated carbocycles. The monoisotopic (exact) mass is 286 g/mol. The van der Waals surface area contributed by atoms with Gasteiger partial charge < -0.3 is 10.2 Å². The van der Waals surface area contributed by atoms with Gasteiger partial charge in [0.2, 0.25) is 0 Å². The number of likely N-dealkylation sites (tertiary alicyclic amines) is 1. The maximum absolute atomic E-state index is 12.4. The van der Waals surface area contributed by atoms with Crippen molar-refractivity contribution in [3.05, 3.63) is 29.8 Å². The zero-order valence-electron chi connectivity index (χ0n) is 11.7. The third-order valence-corrected chi connectivity index (χ3v) is 3.64. The van der Waals surface area contributed by atoms with Gasteiger partial charge in [-0.1, -0.05) is 6.92 Å². The second-order valence-electron chi connectivity index (χ2n) is 5.57. The number of hydrogen-bond acceptors (Lipinski definition) is 2. The first-order chi connectivity index (χ1) is 9.45. The van der Waals surface area contributed by atoms with E-state index < -0.39 is 11.7 Å². The number of benzene rings is 1. The highest BCUT2D eigenvalue weighted by Crippen LogP contribution is 2.29. The van der Waals surface area contributed by atoms with Gasteiger partial charge in [-0.05, 0) is 56.1 Å². The van der Waals surface area contributed by atoms with E-state index in [9.17, 15) is 13.2 Å². The van der Waals surface area contributed by atoms with Crippen LogP contribution in [0.1, 0.15) is 25.3 Å². The Balaban J connectivity index is 1.78. The summed E-state index contributed by atoms with van der Waals surface area (Å²) in [6, 6.07) is 5.22. The molecule has 1 N–H and O–H groups in total. The van der Waals surface area contributed by atoms with E-state index in [1.165, 1.54) is 38.1 Å². The van der Waals surface area contributed by atoms with Crippen LogP contribution in [-0.4, -0.2) is 31.1 Å². The quantitative estimate of drug-likeness (QED) is 0.884. The summed E-state index contributed by atoms with van der Waals surface area (Å²) in [5, 5.41) is 3.20. The van der Waals surface area contributed by atoms with Gasteiger partial charge in [0, 0.05) is 18.8 Å². The molecule has 0 aromatic heterocycles. The molecule has 112 valence electrons. The molecular formula is C15H21F3N2. The summed E-state index contributed by atoms with van der Waals surface area (Å²) in [7, 11) is 0. The van der Waals surface area contributed by atoms with E-state index in [1.807, 2.05) is 0 Å². The van der Waals surface area contributed by atoms with Crippen molar-refractivity contribution in [3.63, 3.8) is 0 Å². The van der Waals surface area contributed by atoms with Crippen LogP contribution in [0, 0.1) is 5.92 Å². The van der Waals surface area contributed by atoms with Crippen LogP contribution in [0.3, 0.4) is 0 Å². The third kappa shape index (κ3) is 4.40. The SMILES string of the molecule is CC(CNc1ccc(C(F)(F)F)cc1)CN1CCCC1. The molecule has 0 radical (unpaired) electrons. The average molecular weight is 286 g/mol. The summed E-state index contributed by atoms with van der Waals surface area (Å²) in [6.07, 6.45) is -1.71. The van der Waals surface area contributed by atoms with Crippen molar-refractivity contribution in [2.75, 3.05) is 31.5 Å². The number of anilines is 1. The Hall–Kier alpha value is -1.23. The zero-order chi connectivity index (χ0) is 14.6. The number of halogens is 3. The number of alkyl halides is 3. The van der Waals surface area contributed by atoms with Crippen molar-refractivity contribution in [2.24, 2.45) is 5.92 Å². The summed E-state index contributed by atoms with van der Waals surface area (Å²) < 4.78 is 37.3. The first-order valence-electron chi connectivity index (χ1n) is 7.08. The standard InChI is InChI=1S/C15H21F3N2/c1-12(11-20-8-2-3-9-20)10-19-14-6-4-13(5-7-14)15(16,17)18/h4-7,12,19H,2-3,8-11H2,1H3. The molecule has 1 atom stereocenters. The number of nitrogens with zero attached hydrogens (tertiary/aromatic N) is 1. The van der Waals surface area contributed by atoms with Gasteiger partial charge in [0.1, 0.15) is 0 Å². The second-order valence-corrected chi connectivity index (χ2v) is 5.57. The third-order valence-electron chi connectivity index (χ3n) is 3.64. The molecule has 0 amide bonds. The largest absolute Gasteiger partial charge is 0.416 e. The lowest BCUT2D eigenvalue weighted by molar-refractivity contribution is -0.137. The minimum Gasteiger partial charge on any atom is -0.385 e. The van der Waals surface area contributed by atoms with E-state index >= 15 is 0 Å². The first-order valence-corrected chi connectivity index (χ1v) is 7.08.